The number of rotatable bonds is 9. The predicted molar refractivity (Wildman–Crippen MR) is 119 cm³/mol. The zero-order valence-corrected chi connectivity index (χ0v) is 17.8. The van der Waals surface area contributed by atoms with Crippen molar-refractivity contribution in [2.75, 3.05) is 20.6 Å². The molecule has 2 aliphatic rings. The fourth-order valence-corrected chi connectivity index (χ4v) is 4.80. The van der Waals surface area contributed by atoms with E-state index in [1.807, 2.05) is 0 Å². The molecule has 0 amide bonds. The number of fused-ring (bicyclic) bond motifs is 1. The van der Waals surface area contributed by atoms with Crippen molar-refractivity contribution in [3.8, 4) is 0 Å². The minimum Gasteiger partial charge on any atom is -0.392 e. The Morgan fingerprint density at radius 3 is 2.82 bits per heavy atom. The molecule has 0 heterocycles. The Balaban J connectivity index is 1.46. The van der Waals surface area contributed by atoms with Gasteiger partial charge in [-0.3, -0.25) is 0 Å². The van der Waals surface area contributed by atoms with Gasteiger partial charge < -0.3 is 10.0 Å². The van der Waals surface area contributed by atoms with Gasteiger partial charge in [-0.1, -0.05) is 65.8 Å². The summed E-state index contributed by atoms with van der Waals surface area (Å²) >= 11 is 0. The lowest BCUT2D eigenvalue weighted by Crippen LogP contribution is -2.16. The molecule has 3 rings (SSSR count). The molecule has 1 aromatic carbocycles. The standard InChI is InChI=1S/C26H37NO/c1-20-10-9-13-21(16-20)11-6-7-14-24-25-18-22(17-23(25)19-26(24)28)12-5-4-8-15-27(2)3/h5,7,9-10,12-14,16-17,23-26,28H,4,6,8,11,15,18-19H2,1-3H3/b12-5+,14-7+/t23-,24+,25-,26+/m0/s1. The molecule has 152 valence electrons. The normalized spacial score (nSPS) is 27.2. The van der Waals surface area contributed by atoms with Crippen LogP contribution in [-0.2, 0) is 6.42 Å². The molecule has 0 aromatic heterocycles. The van der Waals surface area contributed by atoms with E-state index in [-0.39, 0.29) is 6.10 Å². The van der Waals surface area contributed by atoms with Crippen molar-refractivity contribution in [1.82, 2.24) is 4.90 Å². The first-order valence-corrected chi connectivity index (χ1v) is 10.9. The van der Waals surface area contributed by atoms with Gasteiger partial charge in [0.05, 0.1) is 6.10 Å². The Hall–Kier alpha value is -1.64. The van der Waals surface area contributed by atoms with Gasteiger partial charge in [-0.25, -0.2) is 0 Å². The largest absolute Gasteiger partial charge is 0.392 e. The van der Waals surface area contributed by atoms with E-state index in [0.29, 0.717) is 17.8 Å². The summed E-state index contributed by atoms with van der Waals surface area (Å²) < 4.78 is 0. The van der Waals surface area contributed by atoms with Gasteiger partial charge in [0.25, 0.3) is 0 Å². The number of aliphatic hydroxyl groups is 1. The molecule has 1 fully saturated rings. The fraction of sp³-hybridized carbons (Fsp3) is 0.538. The van der Waals surface area contributed by atoms with E-state index in [4.69, 9.17) is 0 Å². The zero-order chi connectivity index (χ0) is 19.9. The Morgan fingerprint density at radius 1 is 1.18 bits per heavy atom. The maximum absolute atomic E-state index is 10.5. The molecule has 1 saturated carbocycles. The molecule has 1 aromatic rings. The highest BCUT2D eigenvalue weighted by Gasteiger charge is 2.42. The molecule has 28 heavy (non-hydrogen) atoms. The van der Waals surface area contributed by atoms with Crippen LogP contribution in [-0.4, -0.2) is 36.8 Å². The third-order valence-electron chi connectivity index (χ3n) is 6.25. The van der Waals surface area contributed by atoms with E-state index in [1.165, 1.54) is 23.1 Å². The lowest BCUT2D eigenvalue weighted by atomic mass is 9.89. The lowest BCUT2D eigenvalue weighted by molar-refractivity contribution is 0.141. The van der Waals surface area contributed by atoms with Gasteiger partial charge >= 0.3 is 0 Å². The SMILES string of the molecule is Cc1cccc(CC/C=C/[C@@H]2[C@H]3CC(/C=C/CCCN(C)C)=C[C@H]3C[C@H]2O)c1. The van der Waals surface area contributed by atoms with Crippen molar-refractivity contribution in [1.29, 1.82) is 0 Å². The fourth-order valence-electron chi connectivity index (χ4n) is 4.80. The number of aryl methyl sites for hydroxylation is 2. The second-order valence-corrected chi connectivity index (χ2v) is 8.96. The van der Waals surface area contributed by atoms with Crippen LogP contribution in [0.2, 0.25) is 0 Å². The molecule has 0 unspecified atom stereocenters. The molecule has 0 aliphatic heterocycles. The highest BCUT2D eigenvalue weighted by Crippen LogP contribution is 2.47. The van der Waals surface area contributed by atoms with Crippen LogP contribution in [0.1, 0.15) is 43.2 Å². The number of allylic oxidation sites excluding steroid dienone is 5. The highest BCUT2D eigenvalue weighted by atomic mass is 16.3. The first kappa shape index (κ1) is 21.1. The van der Waals surface area contributed by atoms with Crippen LogP contribution < -0.4 is 0 Å². The van der Waals surface area contributed by atoms with Crippen LogP contribution in [0.5, 0.6) is 0 Å². The Kier molecular flexibility index (Phi) is 7.70. The maximum atomic E-state index is 10.5. The van der Waals surface area contributed by atoms with E-state index in [0.717, 1.165) is 38.6 Å². The van der Waals surface area contributed by atoms with E-state index in [1.54, 1.807) is 0 Å². The highest BCUT2D eigenvalue weighted by molar-refractivity contribution is 5.29. The van der Waals surface area contributed by atoms with Crippen LogP contribution in [0.4, 0.5) is 0 Å². The summed E-state index contributed by atoms with van der Waals surface area (Å²) in [5.74, 6) is 1.47. The van der Waals surface area contributed by atoms with Crippen molar-refractivity contribution >= 4 is 0 Å². The van der Waals surface area contributed by atoms with Gasteiger partial charge in [-0.2, -0.15) is 0 Å². The molecule has 0 spiro atoms. The summed E-state index contributed by atoms with van der Waals surface area (Å²) in [6.45, 7) is 3.30. The molecular weight excluding hydrogens is 342 g/mol. The number of nitrogens with zero attached hydrogens (tertiary/aromatic N) is 1. The van der Waals surface area contributed by atoms with Gasteiger partial charge in [0.2, 0.25) is 0 Å². The molecule has 0 radical (unpaired) electrons. The zero-order valence-electron chi connectivity index (χ0n) is 17.8. The summed E-state index contributed by atoms with van der Waals surface area (Å²) in [7, 11) is 4.26. The van der Waals surface area contributed by atoms with Crippen LogP contribution in [0, 0.1) is 24.7 Å². The lowest BCUT2D eigenvalue weighted by Gasteiger charge is -2.17. The van der Waals surface area contributed by atoms with Crippen molar-refractivity contribution < 1.29 is 5.11 Å². The molecule has 2 nitrogen and oxygen atoms in total. The van der Waals surface area contributed by atoms with Gasteiger partial charge in [-0.05, 0) is 83.5 Å². The molecule has 1 N–H and O–H groups in total. The van der Waals surface area contributed by atoms with Crippen LogP contribution in [0.25, 0.3) is 0 Å². The smallest absolute Gasteiger partial charge is 0.0611 e. The third-order valence-corrected chi connectivity index (χ3v) is 6.25. The maximum Gasteiger partial charge on any atom is 0.0611 e. The van der Waals surface area contributed by atoms with Gasteiger partial charge in [0, 0.05) is 5.92 Å². The second kappa shape index (κ2) is 10.2. The topological polar surface area (TPSA) is 23.5 Å². The van der Waals surface area contributed by atoms with Crippen LogP contribution in [0.15, 0.2) is 60.2 Å². The summed E-state index contributed by atoms with van der Waals surface area (Å²) in [6, 6.07) is 8.76. The predicted octanol–water partition coefficient (Wildman–Crippen LogP) is 5.33. The average molecular weight is 380 g/mol. The quantitative estimate of drug-likeness (QED) is 0.463. The molecule has 2 aliphatic carbocycles. The molecule has 2 heteroatoms. The Bertz CT molecular complexity index is 715. The number of hydrogen-bond acceptors (Lipinski definition) is 2. The number of hydrogen-bond donors (Lipinski definition) is 1. The monoisotopic (exact) mass is 379 g/mol. The van der Waals surface area contributed by atoms with E-state index in [9.17, 15) is 5.11 Å². The summed E-state index contributed by atoms with van der Waals surface area (Å²) in [4.78, 5) is 2.24. The number of benzene rings is 1. The van der Waals surface area contributed by atoms with Crippen LogP contribution >= 0.6 is 0 Å². The molecular formula is C26H37NO. The molecule has 0 saturated heterocycles. The molecule has 4 atom stereocenters. The van der Waals surface area contributed by atoms with Crippen molar-refractivity contribution in [3.63, 3.8) is 0 Å². The van der Waals surface area contributed by atoms with Gasteiger partial charge in [0.15, 0.2) is 0 Å². The number of aliphatic hydroxyl groups excluding tert-OH is 1. The first-order valence-electron chi connectivity index (χ1n) is 10.9. The van der Waals surface area contributed by atoms with Crippen molar-refractivity contribution in [2.24, 2.45) is 17.8 Å². The summed E-state index contributed by atoms with van der Waals surface area (Å²) in [5, 5.41) is 10.5. The van der Waals surface area contributed by atoms with E-state index in [2.05, 4.69) is 80.6 Å². The first-order chi connectivity index (χ1) is 13.5. The Morgan fingerprint density at radius 2 is 2.04 bits per heavy atom. The van der Waals surface area contributed by atoms with Crippen molar-refractivity contribution in [2.45, 2.75) is 51.6 Å². The minimum atomic E-state index is -0.174. The minimum absolute atomic E-state index is 0.174. The second-order valence-electron chi connectivity index (χ2n) is 8.96. The van der Waals surface area contributed by atoms with Crippen molar-refractivity contribution in [3.05, 3.63) is 71.3 Å². The number of unbranched alkanes of at least 4 members (excludes halogenated alkanes) is 1. The summed E-state index contributed by atoms with van der Waals surface area (Å²) in [5.41, 5.74) is 4.21. The third kappa shape index (κ3) is 5.93. The summed E-state index contributed by atoms with van der Waals surface area (Å²) in [6.07, 6.45) is 18.1. The van der Waals surface area contributed by atoms with Gasteiger partial charge in [-0.15, -0.1) is 0 Å². The van der Waals surface area contributed by atoms with Gasteiger partial charge in [0.1, 0.15) is 0 Å². The van der Waals surface area contributed by atoms with Crippen LogP contribution in [0.3, 0.4) is 0 Å². The average Bonchev–Trinajstić information content (AvgIpc) is 3.15. The Labute approximate surface area is 171 Å². The van der Waals surface area contributed by atoms with E-state index < -0.39 is 0 Å². The molecule has 0 bridgehead atoms. The van der Waals surface area contributed by atoms with E-state index >= 15 is 0 Å².